The van der Waals surface area contributed by atoms with Gasteiger partial charge in [-0.15, -0.1) is 11.6 Å². The fourth-order valence-corrected chi connectivity index (χ4v) is 3.44. The van der Waals surface area contributed by atoms with Crippen molar-refractivity contribution in [2.75, 3.05) is 29.5 Å². The number of halogens is 1. The van der Waals surface area contributed by atoms with Crippen LogP contribution in [0.3, 0.4) is 0 Å². The Kier molecular flexibility index (Phi) is 3.96. The molecule has 0 spiro atoms. The van der Waals surface area contributed by atoms with Gasteiger partial charge < -0.3 is 4.90 Å². The Labute approximate surface area is 116 Å². The van der Waals surface area contributed by atoms with E-state index in [9.17, 15) is 18.5 Å². The van der Waals surface area contributed by atoms with Crippen LogP contribution in [0.2, 0.25) is 0 Å². The molecule has 0 amide bonds. The summed E-state index contributed by atoms with van der Waals surface area (Å²) in [6, 6.07) is 4.70. The number of alkyl halides is 1. The molecule has 0 atom stereocenters. The first-order valence-corrected chi connectivity index (χ1v) is 8.07. The lowest BCUT2D eigenvalue weighted by molar-refractivity contribution is -0.385. The van der Waals surface area contributed by atoms with Crippen molar-refractivity contribution in [3.8, 4) is 0 Å². The van der Waals surface area contributed by atoms with Gasteiger partial charge in [-0.05, 0) is 12.1 Å². The average molecular weight is 305 g/mol. The minimum Gasteiger partial charge on any atom is -0.369 e. The number of sulfone groups is 1. The number of hydrogen-bond donors (Lipinski definition) is 0. The number of hydrogen-bond acceptors (Lipinski definition) is 5. The zero-order chi connectivity index (χ0) is 14.0. The topological polar surface area (TPSA) is 80.5 Å². The molecule has 1 aromatic rings. The van der Waals surface area contributed by atoms with Crippen LogP contribution in [-0.4, -0.2) is 37.9 Å². The van der Waals surface area contributed by atoms with E-state index in [1.807, 2.05) is 4.90 Å². The molecule has 0 unspecified atom stereocenters. The normalized spacial score (nSPS) is 18.3. The molecule has 0 aliphatic carbocycles. The molecule has 1 fully saturated rings. The lowest BCUT2D eigenvalue weighted by Gasteiger charge is -2.28. The van der Waals surface area contributed by atoms with Crippen LogP contribution in [0.4, 0.5) is 11.4 Å². The molecule has 0 saturated carbocycles. The minimum absolute atomic E-state index is 0.0108. The largest absolute Gasteiger partial charge is 0.369 e. The highest BCUT2D eigenvalue weighted by Crippen LogP contribution is 2.27. The summed E-state index contributed by atoms with van der Waals surface area (Å²) >= 11 is 5.71. The van der Waals surface area contributed by atoms with Crippen LogP contribution in [0.1, 0.15) is 5.56 Å². The van der Waals surface area contributed by atoms with E-state index in [4.69, 9.17) is 11.6 Å². The molecule has 0 bridgehead atoms. The zero-order valence-corrected chi connectivity index (χ0v) is 11.7. The highest BCUT2D eigenvalue weighted by atomic mass is 35.5. The molecule has 1 aliphatic rings. The Morgan fingerprint density at radius 3 is 2.47 bits per heavy atom. The molecule has 2 rings (SSSR count). The maximum atomic E-state index is 11.4. The van der Waals surface area contributed by atoms with Crippen LogP contribution in [0.25, 0.3) is 0 Å². The quantitative estimate of drug-likeness (QED) is 0.481. The second-order valence-electron chi connectivity index (χ2n) is 4.34. The van der Waals surface area contributed by atoms with E-state index in [2.05, 4.69) is 0 Å². The van der Waals surface area contributed by atoms with Crippen molar-refractivity contribution in [3.63, 3.8) is 0 Å². The fraction of sp³-hybridized carbons (Fsp3) is 0.455. The van der Waals surface area contributed by atoms with Gasteiger partial charge in [0.25, 0.3) is 5.69 Å². The first-order chi connectivity index (χ1) is 8.93. The molecule has 1 saturated heterocycles. The smallest absolute Gasteiger partial charge is 0.273 e. The second kappa shape index (κ2) is 5.34. The van der Waals surface area contributed by atoms with E-state index in [1.165, 1.54) is 6.07 Å². The molecule has 0 N–H and O–H groups in total. The van der Waals surface area contributed by atoms with E-state index >= 15 is 0 Å². The summed E-state index contributed by atoms with van der Waals surface area (Å²) in [6.07, 6.45) is 0. The monoisotopic (exact) mass is 304 g/mol. The number of nitro groups is 1. The third-order valence-electron chi connectivity index (χ3n) is 3.11. The number of nitro benzene ring substituents is 1. The van der Waals surface area contributed by atoms with Crippen LogP contribution in [0, 0.1) is 10.1 Å². The van der Waals surface area contributed by atoms with Crippen molar-refractivity contribution < 1.29 is 13.3 Å². The van der Waals surface area contributed by atoms with Crippen LogP contribution in [-0.2, 0) is 15.7 Å². The zero-order valence-electron chi connectivity index (χ0n) is 10.1. The third-order valence-corrected chi connectivity index (χ3v) is 5.01. The summed E-state index contributed by atoms with van der Waals surface area (Å²) in [5.74, 6) is 0.274. The van der Waals surface area contributed by atoms with Crippen LogP contribution in [0.15, 0.2) is 18.2 Å². The minimum atomic E-state index is -2.94. The van der Waals surface area contributed by atoms with Gasteiger partial charge >= 0.3 is 0 Å². The fourth-order valence-electron chi connectivity index (χ4n) is 2.02. The Morgan fingerprint density at radius 2 is 1.95 bits per heavy atom. The molecule has 0 radical (unpaired) electrons. The molecule has 1 heterocycles. The lowest BCUT2D eigenvalue weighted by Crippen LogP contribution is -2.40. The third kappa shape index (κ3) is 3.16. The molecule has 104 valence electrons. The molecule has 1 aromatic carbocycles. The van der Waals surface area contributed by atoms with Crippen LogP contribution < -0.4 is 4.90 Å². The van der Waals surface area contributed by atoms with E-state index in [1.54, 1.807) is 12.1 Å². The Hall–Kier alpha value is -1.34. The second-order valence-corrected chi connectivity index (χ2v) is 6.91. The van der Waals surface area contributed by atoms with Crippen LogP contribution >= 0.6 is 11.6 Å². The van der Waals surface area contributed by atoms with Crippen molar-refractivity contribution in [2.24, 2.45) is 0 Å². The van der Waals surface area contributed by atoms with Gasteiger partial charge in [-0.1, -0.05) is 0 Å². The summed E-state index contributed by atoms with van der Waals surface area (Å²) in [6.45, 7) is 0.809. The molecule has 1 aliphatic heterocycles. The van der Waals surface area contributed by atoms with Crippen molar-refractivity contribution in [2.45, 2.75) is 5.88 Å². The maximum absolute atomic E-state index is 11.4. The Morgan fingerprint density at radius 1 is 1.32 bits per heavy atom. The lowest BCUT2D eigenvalue weighted by atomic mass is 10.1. The van der Waals surface area contributed by atoms with E-state index in [0.717, 1.165) is 5.69 Å². The molecular formula is C11H13ClN2O4S. The summed E-state index contributed by atoms with van der Waals surface area (Å²) in [4.78, 5) is 12.2. The van der Waals surface area contributed by atoms with E-state index in [-0.39, 0.29) is 23.1 Å². The van der Waals surface area contributed by atoms with Crippen molar-refractivity contribution >= 4 is 32.8 Å². The van der Waals surface area contributed by atoms with E-state index in [0.29, 0.717) is 18.7 Å². The van der Waals surface area contributed by atoms with Crippen molar-refractivity contribution in [1.29, 1.82) is 0 Å². The van der Waals surface area contributed by atoms with Gasteiger partial charge in [0.1, 0.15) is 0 Å². The predicted molar refractivity (Wildman–Crippen MR) is 73.5 cm³/mol. The van der Waals surface area contributed by atoms with Gasteiger partial charge in [0.2, 0.25) is 0 Å². The molecule has 8 heteroatoms. The average Bonchev–Trinajstić information content (AvgIpc) is 2.37. The summed E-state index contributed by atoms with van der Waals surface area (Å²) < 4.78 is 22.7. The number of benzene rings is 1. The highest BCUT2D eigenvalue weighted by Gasteiger charge is 2.23. The Bertz CT molecular complexity index is 589. The highest BCUT2D eigenvalue weighted by molar-refractivity contribution is 7.91. The first kappa shape index (κ1) is 14.1. The number of rotatable bonds is 3. The van der Waals surface area contributed by atoms with Gasteiger partial charge in [-0.2, -0.15) is 0 Å². The van der Waals surface area contributed by atoms with Gasteiger partial charge in [-0.3, -0.25) is 10.1 Å². The maximum Gasteiger partial charge on any atom is 0.273 e. The number of anilines is 1. The van der Waals surface area contributed by atoms with Crippen molar-refractivity contribution in [1.82, 2.24) is 0 Å². The Balaban J connectivity index is 2.25. The summed E-state index contributed by atoms with van der Waals surface area (Å²) in [7, 11) is -2.94. The van der Waals surface area contributed by atoms with Crippen molar-refractivity contribution in [3.05, 3.63) is 33.9 Å². The number of nitrogens with zero attached hydrogens (tertiary/aromatic N) is 2. The summed E-state index contributed by atoms with van der Waals surface area (Å²) in [5, 5.41) is 10.8. The van der Waals surface area contributed by atoms with Crippen LogP contribution in [0.5, 0.6) is 0 Å². The van der Waals surface area contributed by atoms with E-state index < -0.39 is 14.8 Å². The first-order valence-electron chi connectivity index (χ1n) is 5.71. The molecule has 19 heavy (non-hydrogen) atoms. The van der Waals surface area contributed by atoms with Gasteiger partial charge in [0, 0.05) is 30.4 Å². The predicted octanol–water partition coefficient (Wildman–Crippen LogP) is 1.57. The van der Waals surface area contributed by atoms with Gasteiger partial charge in [0.05, 0.1) is 22.3 Å². The SMILES string of the molecule is O=[N+]([O-])c1ccc(N2CCS(=O)(=O)CC2)cc1CCl. The molecule has 0 aromatic heterocycles. The van der Waals surface area contributed by atoms with Gasteiger partial charge in [-0.25, -0.2) is 8.42 Å². The molecular weight excluding hydrogens is 292 g/mol. The van der Waals surface area contributed by atoms with Gasteiger partial charge in [0.15, 0.2) is 9.84 Å². The summed E-state index contributed by atoms with van der Waals surface area (Å²) in [5.41, 5.74) is 1.21. The molecule has 6 nitrogen and oxygen atoms in total. The standard InChI is InChI=1S/C11H13ClN2O4S/c12-8-9-7-10(1-2-11(9)14(15)16)13-3-5-19(17,18)6-4-13/h1-2,7H,3-6,8H2.